The third-order valence-electron chi connectivity index (χ3n) is 7.07. The minimum atomic E-state index is -3.77. The largest absolute Gasteiger partial charge is 0.379 e. The van der Waals surface area contributed by atoms with Crippen molar-refractivity contribution >= 4 is 20.0 Å². The Hall–Kier alpha value is -1.11. The molecule has 11 heteroatoms. The van der Waals surface area contributed by atoms with Gasteiger partial charge in [-0.2, -0.15) is 17.0 Å². The van der Waals surface area contributed by atoms with Gasteiger partial charge in [-0.25, -0.2) is 13.4 Å². The zero-order valence-corrected chi connectivity index (χ0v) is 20.1. The van der Waals surface area contributed by atoms with Gasteiger partial charge in [0.05, 0.1) is 19.0 Å². The van der Waals surface area contributed by atoms with Crippen LogP contribution in [0.25, 0.3) is 0 Å². The molecule has 2 aliphatic heterocycles. The molecule has 3 fully saturated rings. The maximum atomic E-state index is 13.5. The minimum Gasteiger partial charge on any atom is -0.379 e. The molecule has 0 bridgehead atoms. The molecule has 2 unspecified atom stereocenters. The summed E-state index contributed by atoms with van der Waals surface area (Å²) in [5.41, 5.74) is 6.35. The highest BCUT2D eigenvalue weighted by molar-refractivity contribution is 7.91. The van der Waals surface area contributed by atoms with Gasteiger partial charge in [0, 0.05) is 38.4 Å². The molecular formula is C21H34N4O5S2. The van der Waals surface area contributed by atoms with Crippen LogP contribution in [-0.2, 0) is 31.3 Å². The normalized spacial score (nSPS) is 27.0. The summed E-state index contributed by atoms with van der Waals surface area (Å²) in [4.78, 5) is 4.05. The molecule has 3 heterocycles. The third-order valence-corrected chi connectivity index (χ3v) is 10.8. The van der Waals surface area contributed by atoms with E-state index in [1.807, 2.05) is 0 Å². The monoisotopic (exact) mass is 486 g/mol. The van der Waals surface area contributed by atoms with E-state index in [1.54, 1.807) is 6.07 Å². The molecule has 1 aliphatic carbocycles. The first kappa shape index (κ1) is 24.0. The van der Waals surface area contributed by atoms with Gasteiger partial charge in [-0.15, -0.1) is 0 Å². The van der Waals surface area contributed by atoms with Crippen LogP contribution in [-0.4, -0.2) is 75.1 Å². The predicted molar refractivity (Wildman–Crippen MR) is 121 cm³/mol. The van der Waals surface area contributed by atoms with Gasteiger partial charge >= 0.3 is 0 Å². The van der Waals surface area contributed by atoms with E-state index in [1.165, 1.54) is 27.3 Å². The Morgan fingerprint density at radius 1 is 1.06 bits per heavy atom. The molecule has 2 atom stereocenters. The van der Waals surface area contributed by atoms with Crippen molar-refractivity contribution < 1.29 is 21.6 Å². The minimum absolute atomic E-state index is 0.0368. The molecule has 0 aromatic carbocycles. The Kier molecular flexibility index (Phi) is 7.53. The maximum absolute atomic E-state index is 13.5. The molecule has 2 saturated heterocycles. The van der Waals surface area contributed by atoms with Crippen molar-refractivity contribution in [2.45, 2.75) is 56.1 Å². The topological polar surface area (TPSA) is 123 Å². The highest BCUT2D eigenvalue weighted by Gasteiger charge is 2.46. The van der Waals surface area contributed by atoms with Crippen molar-refractivity contribution in [3.8, 4) is 0 Å². The molecule has 180 valence electrons. The van der Waals surface area contributed by atoms with E-state index in [4.69, 9.17) is 10.5 Å². The van der Waals surface area contributed by atoms with Crippen LogP contribution in [0.2, 0.25) is 0 Å². The van der Waals surface area contributed by atoms with E-state index in [2.05, 4.69) is 4.98 Å². The average Bonchev–Trinajstić information content (AvgIpc) is 3.24. The smallest absolute Gasteiger partial charge is 0.282 e. The van der Waals surface area contributed by atoms with E-state index in [0.717, 1.165) is 25.7 Å². The molecule has 9 nitrogen and oxygen atoms in total. The van der Waals surface area contributed by atoms with Crippen molar-refractivity contribution in [3.05, 3.63) is 23.9 Å². The summed E-state index contributed by atoms with van der Waals surface area (Å²) in [7, 11) is -7.54. The molecule has 0 amide bonds. The van der Waals surface area contributed by atoms with E-state index in [9.17, 15) is 16.8 Å². The molecule has 1 aromatic heterocycles. The van der Waals surface area contributed by atoms with E-state index >= 15 is 0 Å². The van der Waals surface area contributed by atoms with Crippen molar-refractivity contribution in [2.75, 3.05) is 38.6 Å². The Balaban J connectivity index is 1.60. The van der Waals surface area contributed by atoms with Gasteiger partial charge in [0.15, 0.2) is 14.9 Å². The number of pyridine rings is 1. The van der Waals surface area contributed by atoms with Crippen LogP contribution in [0.5, 0.6) is 0 Å². The first-order valence-electron chi connectivity index (χ1n) is 11.5. The van der Waals surface area contributed by atoms with Crippen molar-refractivity contribution in [1.82, 2.24) is 13.6 Å². The fourth-order valence-electron chi connectivity index (χ4n) is 5.31. The van der Waals surface area contributed by atoms with Crippen molar-refractivity contribution in [2.24, 2.45) is 17.6 Å². The second-order valence-corrected chi connectivity index (χ2v) is 13.0. The highest BCUT2D eigenvalue weighted by atomic mass is 32.2. The first-order chi connectivity index (χ1) is 15.3. The van der Waals surface area contributed by atoms with Gasteiger partial charge in [0.1, 0.15) is 0 Å². The van der Waals surface area contributed by atoms with Gasteiger partial charge in [-0.1, -0.05) is 32.1 Å². The van der Waals surface area contributed by atoms with Gasteiger partial charge in [0.2, 0.25) is 0 Å². The van der Waals surface area contributed by atoms with Gasteiger partial charge < -0.3 is 10.5 Å². The number of sulfone groups is 1. The summed E-state index contributed by atoms with van der Waals surface area (Å²) in [5.74, 6) is 0.382. The van der Waals surface area contributed by atoms with Crippen LogP contribution in [0.1, 0.15) is 44.1 Å². The number of hydrogen-bond donors (Lipinski definition) is 1. The zero-order valence-electron chi connectivity index (χ0n) is 18.4. The summed E-state index contributed by atoms with van der Waals surface area (Å²) in [6.45, 7) is 1.92. The second-order valence-electron chi connectivity index (χ2n) is 9.12. The van der Waals surface area contributed by atoms with E-state index in [-0.39, 0.29) is 23.2 Å². The molecule has 0 spiro atoms. The predicted octanol–water partition coefficient (Wildman–Crippen LogP) is 1.16. The first-order valence-corrected chi connectivity index (χ1v) is 14.6. The highest BCUT2D eigenvalue weighted by Crippen LogP contribution is 2.39. The number of ether oxygens (including phenoxy) is 1. The number of morpholine rings is 1. The number of nitrogens with two attached hydrogens (primary N) is 1. The second kappa shape index (κ2) is 10.0. The summed E-state index contributed by atoms with van der Waals surface area (Å²) >= 11 is 0. The summed E-state index contributed by atoms with van der Waals surface area (Å²) in [6.07, 6.45) is 7.75. The Morgan fingerprint density at radius 3 is 2.47 bits per heavy atom. The van der Waals surface area contributed by atoms with Gasteiger partial charge in [0.25, 0.3) is 10.2 Å². The van der Waals surface area contributed by atoms with Crippen molar-refractivity contribution in [3.63, 3.8) is 0 Å². The lowest BCUT2D eigenvalue weighted by molar-refractivity contribution is 0.0699. The van der Waals surface area contributed by atoms with Crippen LogP contribution in [0.15, 0.2) is 23.4 Å². The number of nitrogens with zero attached hydrogens (tertiary/aromatic N) is 3. The molecule has 2 N–H and O–H groups in total. The lowest BCUT2D eigenvalue weighted by Gasteiger charge is -2.33. The van der Waals surface area contributed by atoms with E-state index in [0.29, 0.717) is 50.8 Å². The SMILES string of the molecule is NCc1ccnc(S(=O)(=O)CC2CC(C3CCCCC3)CN2S(=O)(=O)N2CCOCC2)c1. The molecule has 3 aliphatic rings. The summed E-state index contributed by atoms with van der Waals surface area (Å²) < 4.78 is 61.7. The lowest BCUT2D eigenvalue weighted by atomic mass is 9.79. The standard InChI is InChI=1S/C21H34N4O5S2/c22-14-17-6-7-23-21(12-17)31(26,27)16-20-13-19(18-4-2-1-3-5-18)15-25(20)32(28,29)24-8-10-30-11-9-24/h6-7,12,18-20H,1-5,8-11,13-16,22H2. The third kappa shape index (κ3) is 5.18. The number of hydrogen-bond acceptors (Lipinski definition) is 7. The zero-order chi connectivity index (χ0) is 22.8. The van der Waals surface area contributed by atoms with Crippen LogP contribution in [0, 0.1) is 11.8 Å². The summed E-state index contributed by atoms with van der Waals surface area (Å²) in [6, 6.07) is 2.58. The van der Waals surface area contributed by atoms with Gasteiger partial charge in [-0.05, 0) is 36.0 Å². The number of aromatic nitrogens is 1. The Bertz CT molecular complexity index is 989. The van der Waals surface area contributed by atoms with E-state index < -0.39 is 26.1 Å². The molecule has 32 heavy (non-hydrogen) atoms. The molecule has 1 saturated carbocycles. The van der Waals surface area contributed by atoms with Gasteiger partial charge in [-0.3, -0.25) is 0 Å². The van der Waals surface area contributed by atoms with Crippen LogP contribution < -0.4 is 5.73 Å². The van der Waals surface area contributed by atoms with Crippen LogP contribution >= 0.6 is 0 Å². The Morgan fingerprint density at radius 2 is 1.78 bits per heavy atom. The number of rotatable bonds is 7. The maximum Gasteiger partial charge on any atom is 0.282 e. The average molecular weight is 487 g/mol. The van der Waals surface area contributed by atoms with Crippen LogP contribution in [0.3, 0.4) is 0 Å². The molecular weight excluding hydrogens is 452 g/mol. The lowest BCUT2D eigenvalue weighted by Crippen LogP contribution is -2.51. The Labute approximate surface area is 191 Å². The molecule has 4 rings (SSSR count). The molecule has 0 radical (unpaired) electrons. The van der Waals surface area contributed by atoms with Crippen LogP contribution in [0.4, 0.5) is 0 Å². The quantitative estimate of drug-likeness (QED) is 0.613. The summed E-state index contributed by atoms with van der Waals surface area (Å²) in [5, 5.41) is -0.0368. The van der Waals surface area contributed by atoms with Crippen molar-refractivity contribution in [1.29, 1.82) is 0 Å². The fourth-order valence-corrected chi connectivity index (χ4v) is 8.78. The molecule has 1 aromatic rings. The fraction of sp³-hybridized carbons (Fsp3) is 0.762.